The molecule has 0 saturated carbocycles. The second kappa shape index (κ2) is 6.46. The molecule has 19 heavy (non-hydrogen) atoms. The third kappa shape index (κ3) is 3.01. The Balaban J connectivity index is 2.35. The minimum Gasteiger partial charge on any atom is -0.294 e. The van der Waals surface area contributed by atoms with E-state index in [0.717, 1.165) is 42.1 Å². The van der Waals surface area contributed by atoms with Gasteiger partial charge in [0.1, 0.15) is 0 Å². The Hall–Kier alpha value is -1.70. The van der Waals surface area contributed by atoms with Crippen LogP contribution in [-0.4, -0.2) is 10.8 Å². The summed E-state index contributed by atoms with van der Waals surface area (Å²) in [6.45, 7) is 4.26. The van der Waals surface area contributed by atoms with Gasteiger partial charge in [0.05, 0.1) is 5.52 Å². The lowest BCUT2D eigenvalue weighted by Crippen LogP contribution is -2.14. The molecule has 1 atom stereocenters. The largest absolute Gasteiger partial charge is 0.294 e. The van der Waals surface area contributed by atoms with Gasteiger partial charge in [0.2, 0.25) is 0 Å². The quantitative estimate of drug-likeness (QED) is 0.704. The zero-order valence-corrected chi connectivity index (χ0v) is 11.7. The molecule has 0 amide bonds. The lowest BCUT2D eigenvalue weighted by molar-refractivity contribution is 0.0909. The van der Waals surface area contributed by atoms with Crippen LogP contribution in [0.25, 0.3) is 10.9 Å². The van der Waals surface area contributed by atoms with Gasteiger partial charge in [0, 0.05) is 23.1 Å². The SMILES string of the molecule is CCCCC(CC)C(=O)c1cccc2cccnc12. The van der Waals surface area contributed by atoms with Crippen LogP contribution in [0.1, 0.15) is 49.9 Å². The van der Waals surface area contributed by atoms with Crippen molar-refractivity contribution < 1.29 is 4.79 Å². The molecule has 2 heteroatoms. The molecule has 2 nitrogen and oxygen atoms in total. The molecule has 0 fully saturated rings. The van der Waals surface area contributed by atoms with E-state index < -0.39 is 0 Å². The molecule has 0 N–H and O–H groups in total. The fraction of sp³-hybridized carbons (Fsp3) is 0.412. The summed E-state index contributed by atoms with van der Waals surface area (Å²) in [5.41, 5.74) is 1.62. The van der Waals surface area contributed by atoms with Crippen molar-refractivity contribution >= 4 is 16.7 Å². The Morgan fingerprint density at radius 1 is 1.21 bits per heavy atom. The first kappa shape index (κ1) is 13.7. The van der Waals surface area contributed by atoms with Gasteiger partial charge in [-0.2, -0.15) is 0 Å². The van der Waals surface area contributed by atoms with Gasteiger partial charge in [-0.1, -0.05) is 44.9 Å². The van der Waals surface area contributed by atoms with Crippen LogP contribution in [0.5, 0.6) is 0 Å². The minimum absolute atomic E-state index is 0.132. The number of carbonyl (C=O) groups excluding carboxylic acids is 1. The molecule has 0 saturated heterocycles. The van der Waals surface area contributed by atoms with Gasteiger partial charge in [0.25, 0.3) is 0 Å². The lowest BCUT2D eigenvalue weighted by Gasteiger charge is -2.14. The van der Waals surface area contributed by atoms with E-state index >= 15 is 0 Å². The van der Waals surface area contributed by atoms with E-state index in [-0.39, 0.29) is 11.7 Å². The topological polar surface area (TPSA) is 30.0 Å². The summed E-state index contributed by atoms with van der Waals surface area (Å²) in [7, 11) is 0. The van der Waals surface area contributed by atoms with Gasteiger partial charge >= 0.3 is 0 Å². The lowest BCUT2D eigenvalue weighted by atomic mass is 9.89. The monoisotopic (exact) mass is 255 g/mol. The number of carbonyl (C=O) groups is 1. The second-order valence-electron chi connectivity index (χ2n) is 4.99. The molecule has 0 bridgehead atoms. The number of hydrogen-bond donors (Lipinski definition) is 0. The Labute approximate surface area is 114 Å². The maximum atomic E-state index is 12.7. The number of ketones is 1. The molecular formula is C17H21NO. The molecule has 1 aromatic carbocycles. The summed E-state index contributed by atoms with van der Waals surface area (Å²) in [6, 6.07) is 9.78. The fourth-order valence-electron chi connectivity index (χ4n) is 2.49. The Morgan fingerprint density at radius 2 is 2.00 bits per heavy atom. The highest BCUT2D eigenvalue weighted by Crippen LogP contribution is 2.23. The van der Waals surface area contributed by atoms with Gasteiger partial charge in [-0.25, -0.2) is 0 Å². The number of rotatable bonds is 6. The maximum absolute atomic E-state index is 12.7. The van der Waals surface area contributed by atoms with Crippen molar-refractivity contribution in [3.8, 4) is 0 Å². The second-order valence-corrected chi connectivity index (χ2v) is 4.99. The summed E-state index contributed by atoms with van der Waals surface area (Å²) in [6.07, 6.45) is 5.89. The van der Waals surface area contributed by atoms with Crippen LogP contribution in [0.15, 0.2) is 36.5 Å². The number of benzene rings is 1. The maximum Gasteiger partial charge on any atom is 0.168 e. The standard InChI is InChI=1S/C17H21NO/c1-3-5-8-13(4-2)17(19)15-11-6-9-14-10-7-12-18-16(14)15/h6-7,9-13H,3-5,8H2,1-2H3. The first-order chi connectivity index (χ1) is 9.27. The van der Waals surface area contributed by atoms with Crippen molar-refractivity contribution in [2.75, 3.05) is 0 Å². The van der Waals surface area contributed by atoms with Gasteiger partial charge < -0.3 is 0 Å². The number of unbranched alkanes of at least 4 members (excludes halogenated alkanes) is 1. The molecule has 1 unspecified atom stereocenters. The van der Waals surface area contributed by atoms with Crippen LogP contribution in [0.2, 0.25) is 0 Å². The molecule has 2 rings (SSSR count). The van der Waals surface area contributed by atoms with Crippen LogP contribution >= 0.6 is 0 Å². The number of nitrogens with zero attached hydrogens (tertiary/aromatic N) is 1. The van der Waals surface area contributed by atoms with Crippen LogP contribution in [-0.2, 0) is 0 Å². The molecule has 0 aliphatic heterocycles. The van der Waals surface area contributed by atoms with E-state index in [9.17, 15) is 4.79 Å². The number of hydrogen-bond acceptors (Lipinski definition) is 2. The Morgan fingerprint density at radius 3 is 2.74 bits per heavy atom. The third-order valence-electron chi connectivity index (χ3n) is 3.67. The van der Waals surface area contributed by atoms with Gasteiger partial charge in [0.15, 0.2) is 5.78 Å². The highest BCUT2D eigenvalue weighted by atomic mass is 16.1. The van der Waals surface area contributed by atoms with Gasteiger partial charge in [-0.15, -0.1) is 0 Å². The smallest absolute Gasteiger partial charge is 0.168 e. The summed E-state index contributed by atoms with van der Waals surface area (Å²) in [4.78, 5) is 17.0. The van der Waals surface area contributed by atoms with Crippen LogP contribution in [0.4, 0.5) is 0 Å². The molecule has 1 aromatic heterocycles. The van der Waals surface area contributed by atoms with E-state index in [1.807, 2.05) is 30.3 Å². The summed E-state index contributed by atoms with van der Waals surface area (Å²) < 4.78 is 0. The first-order valence-corrected chi connectivity index (χ1v) is 7.15. The van der Waals surface area contributed by atoms with Crippen molar-refractivity contribution in [2.24, 2.45) is 5.92 Å². The molecule has 0 aliphatic carbocycles. The Kier molecular flexibility index (Phi) is 4.67. The third-order valence-corrected chi connectivity index (χ3v) is 3.67. The van der Waals surface area contributed by atoms with Gasteiger partial charge in [-0.05, 0) is 25.0 Å². The summed E-state index contributed by atoms with van der Waals surface area (Å²) in [5.74, 6) is 0.382. The van der Waals surface area contributed by atoms with Crippen molar-refractivity contribution in [3.05, 3.63) is 42.1 Å². The molecule has 100 valence electrons. The number of Topliss-reactive ketones (excluding diaryl/α,β-unsaturated/α-hetero) is 1. The average Bonchev–Trinajstić information content (AvgIpc) is 2.47. The number of fused-ring (bicyclic) bond motifs is 1. The number of para-hydroxylation sites is 1. The molecular weight excluding hydrogens is 234 g/mol. The highest BCUT2D eigenvalue weighted by molar-refractivity contribution is 6.07. The first-order valence-electron chi connectivity index (χ1n) is 7.15. The fourth-order valence-corrected chi connectivity index (χ4v) is 2.49. The van der Waals surface area contributed by atoms with E-state index in [0.29, 0.717) is 0 Å². The van der Waals surface area contributed by atoms with Crippen LogP contribution in [0, 0.1) is 5.92 Å². The molecule has 0 spiro atoms. The normalized spacial score (nSPS) is 12.5. The zero-order chi connectivity index (χ0) is 13.7. The molecule has 0 radical (unpaired) electrons. The molecule has 2 aromatic rings. The summed E-state index contributed by atoms with van der Waals surface area (Å²) >= 11 is 0. The average molecular weight is 255 g/mol. The van der Waals surface area contributed by atoms with Gasteiger partial charge in [-0.3, -0.25) is 9.78 Å². The van der Waals surface area contributed by atoms with Crippen LogP contribution < -0.4 is 0 Å². The summed E-state index contributed by atoms with van der Waals surface area (Å²) in [5, 5.41) is 1.04. The Bertz CT molecular complexity index is 557. The molecule has 0 aliphatic rings. The van der Waals surface area contributed by atoms with Crippen molar-refractivity contribution in [1.29, 1.82) is 0 Å². The predicted octanol–water partition coefficient (Wildman–Crippen LogP) is 4.63. The van der Waals surface area contributed by atoms with Crippen LogP contribution in [0.3, 0.4) is 0 Å². The van der Waals surface area contributed by atoms with E-state index in [1.54, 1.807) is 6.20 Å². The number of pyridine rings is 1. The van der Waals surface area contributed by atoms with Crippen molar-refractivity contribution in [1.82, 2.24) is 4.98 Å². The minimum atomic E-state index is 0.132. The van der Waals surface area contributed by atoms with E-state index in [4.69, 9.17) is 0 Å². The predicted molar refractivity (Wildman–Crippen MR) is 79.4 cm³/mol. The molecule has 1 heterocycles. The number of aromatic nitrogens is 1. The highest BCUT2D eigenvalue weighted by Gasteiger charge is 2.19. The van der Waals surface area contributed by atoms with E-state index in [2.05, 4.69) is 18.8 Å². The van der Waals surface area contributed by atoms with E-state index in [1.165, 1.54) is 0 Å². The van der Waals surface area contributed by atoms with Crippen molar-refractivity contribution in [2.45, 2.75) is 39.5 Å². The zero-order valence-electron chi connectivity index (χ0n) is 11.7. The van der Waals surface area contributed by atoms with Crippen molar-refractivity contribution in [3.63, 3.8) is 0 Å².